The minimum absolute atomic E-state index is 0.229. The zero-order chi connectivity index (χ0) is 11.4. The molecule has 0 aliphatic heterocycles. The number of rotatable bonds is 3. The second-order valence-corrected chi connectivity index (χ2v) is 3.86. The number of hydrogen-bond acceptors (Lipinski definition) is 5. The third-order valence-electron chi connectivity index (χ3n) is 1.93. The van der Waals surface area contributed by atoms with Crippen LogP contribution in [-0.4, -0.2) is 15.9 Å². The van der Waals surface area contributed by atoms with Gasteiger partial charge in [0, 0.05) is 5.38 Å². The lowest BCUT2D eigenvalue weighted by Crippen LogP contribution is -2.23. The molecule has 0 atom stereocenters. The molecule has 5 nitrogen and oxygen atoms in total. The first-order chi connectivity index (χ1) is 7.75. The molecular formula is C10H10N4OS. The first kappa shape index (κ1) is 10.6. The Morgan fingerprint density at radius 3 is 2.94 bits per heavy atom. The normalized spacial score (nSPS) is 10.0. The Labute approximate surface area is 96.3 Å². The van der Waals surface area contributed by atoms with E-state index in [2.05, 4.69) is 15.3 Å². The molecule has 6 heteroatoms. The SMILES string of the molecule is Nc1ccc(C(=O)NCc2cscn2)nc1. The molecular weight excluding hydrogens is 224 g/mol. The average molecular weight is 234 g/mol. The Balaban J connectivity index is 1.95. The van der Waals surface area contributed by atoms with Crippen molar-refractivity contribution in [3.05, 3.63) is 40.6 Å². The number of amides is 1. The molecule has 2 aromatic heterocycles. The van der Waals surface area contributed by atoms with E-state index in [1.165, 1.54) is 17.5 Å². The molecule has 0 fully saturated rings. The van der Waals surface area contributed by atoms with Crippen molar-refractivity contribution >= 4 is 22.9 Å². The van der Waals surface area contributed by atoms with Crippen molar-refractivity contribution in [3.63, 3.8) is 0 Å². The number of carbonyl (C=O) groups excluding carboxylic acids is 1. The fourth-order valence-corrected chi connectivity index (χ4v) is 1.68. The van der Waals surface area contributed by atoms with Crippen LogP contribution >= 0.6 is 11.3 Å². The maximum atomic E-state index is 11.6. The molecule has 2 heterocycles. The number of nitrogens with zero attached hydrogens (tertiary/aromatic N) is 2. The van der Waals surface area contributed by atoms with Gasteiger partial charge in [0.15, 0.2) is 0 Å². The molecule has 0 spiro atoms. The van der Waals surface area contributed by atoms with Crippen LogP contribution in [0.3, 0.4) is 0 Å². The van der Waals surface area contributed by atoms with Crippen molar-refractivity contribution in [1.82, 2.24) is 15.3 Å². The van der Waals surface area contributed by atoms with Crippen molar-refractivity contribution in [2.75, 3.05) is 5.73 Å². The highest BCUT2D eigenvalue weighted by Gasteiger charge is 2.06. The molecule has 2 rings (SSSR count). The van der Waals surface area contributed by atoms with Crippen LogP contribution in [0.5, 0.6) is 0 Å². The molecule has 3 N–H and O–H groups in total. The Kier molecular flexibility index (Phi) is 3.11. The number of nitrogen functional groups attached to an aromatic ring is 1. The molecule has 0 unspecified atom stereocenters. The first-order valence-corrected chi connectivity index (χ1v) is 5.57. The van der Waals surface area contributed by atoms with E-state index < -0.39 is 0 Å². The zero-order valence-corrected chi connectivity index (χ0v) is 9.20. The Morgan fingerprint density at radius 1 is 1.44 bits per heavy atom. The fraction of sp³-hybridized carbons (Fsp3) is 0.100. The number of hydrogen-bond donors (Lipinski definition) is 2. The van der Waals surface area contributed by atoms with Gasteiger partial charge in [-0.15, -0.1) is 11.3 Å². The van der Waals surface area contributed by atoms with Crippen molar-refractivity contribution in [2.24, 2.45) is 0 Å². The summed E-state index contributed by atoms with van der Waals surface area (Å²) in [4.78, 5) is 19.6. The highest BCUT2D eigenvalue weighted by Crippen LogP contribution is 2.03. The predicted octanol–water partition coefficient (Wildman–Crippen LogP) is 1.05. The van der Waals surface area contributed by atoms with Gasteiger partial charge in [-0.1, -0.05) is 0 Å². The molecule has 0 aliphatic rings. The Bertz CT molecular complexity index is 466. The van der Waals surface area contributed by atoms with Gasteiger partial charge in [-0.3, -0.25) is 4.79 Å². The van der Waals surface area contributed by atoms with Gasteiger partial charge in [0.1, 0.15) is 5.69 Å². The summed E-state index contributed by atoms with van der Waals surface area (Å²) in [5.74, 6) is -0.229. The number of nitrogens with two attached hydrogens (primary N) is 1. The third-order valence-corrected chi connectivity index (χ3v) is 2.57. The van der Waals surface area contributed by atoms with E-state index in [0.29, 0.717) is 17.9 Å². The number of aromatic nitrogens is 2. The summed E-state index contributed by atoms with van der Waals surface area (Å²) in [6.07, 6.45) is 1.46. The molecule has 0 saturated carbocycles. The second-order valence-electron chi connectivity index (χ2n) is 3.14. The minimum atomic E-state index is -0.229. The second kappa shape index (κ2) is 4.71. The molecule has 0 aliphatic carbocycles. The van der Waals surface area contributed by atoms with Gasteiger partial charge in [-0.2, -0.15) is 0 Å². The van der Waals surface area contributed by atoms with Gasteiger partial charge in [0.05, 0.1) is 29.6 Å². The topological polar surface area (TPSA) is 80.9 Å². The summed E-state index contributed by atoms with van der Waals surface area (Å²) < 4.78 is 0. The summed E-state index contributed by atoms with van der Waals surface area (Å²) in [7, 11) is 0. The summed E-state index contributed by atoms with van der Waals surface area (Å²) in [5, 5.41) is 4.61. The van der Waals surface area contributed by atoms with Crippen LogP contribution in [0, 0.1) is 0 Å². The fourth-order valence-electron chi connectivity index (χ4n) is 1.13. The molecule has 16 heavy (non-hydrogen) atoms. The summed E-state index contributed by atoms with van der Waals surface area (Å²) in [5.41, 5.74) is 8.93. The third kappa shape index (κ3) is 2.54. The summed E-state index contributed by atoms with van der Waals surface area (Å²) in [6.45, 7) is 0.411. The average Bonchev–Trinajstić information content (AvgIpc) is 2.80. The van der Waals surface area contributed by atoms with Crippen molar-refractivity contribution in [3.8, 4) is 0 Å². The maximum absolute atomic E-state index is 11.6. The lowest BCUT2D eigenvalue weighted by molar-refractivity contribution is 0.0945. The molecule has 0 radical (unpaired) electrons. The number of carbonyl (C=O) groups is 1. The van der Waals surface area contributed by atoms with Gasteiger partial charge in [0.2, 0.25) is 0 Å². The van der Waals surface area contributed by atoms with Crippen molar-refractivity contribution in [2.45, 2.75) is 6.54 Å². The largest absolute Gasteiger partial charge is 0.397 e. The standard InChI is InChI=1S/C10H10N4OS/c11-7-1-2-9(12-3-7)10(15)13-4-8-5-16-6-14-8/h1-3,5-6H,4,11H2,(H,13,15). The van der Waals surface area contributed by atoms with Crippen molar-refractivity contribution < 1.29 is 4.79 Å². The lowest BCUT2D eigenvalue weighted by atomic mass is 10.3. The Morgan fingerprint density at radius 2 is 2.31 bits per heavy atom. The number of pyridine rings is 1. The van der Waals surface area contributed by atoms with Crippen LogP contribution in [0.4, 0.5) is 5.69 Å². The quantitative estimate of drug-likeness (QED) is 0.831. The van der Waals surface area contributed by atoms with E-state index in [4.69, 9.17) is 5.73 Å². The van der Waals surface area contributed by atoms with Crippen molar-refractivity contribution in [1.29, 1.82) is 0 Å². The molecule has 2 aromatic rings. The van der Waals surface area contributed by atoms with Gasteiger partial charge < -0.3 is 11.1 Å². The molecule has 0 bridgehead atoms. The number of nitrogens with one attached hydrogen (secondary N) is 1. The van der Waals surface area contributed by atoms with Crippen LogP contribution in [0.1, 0.15) is 16.2 Å². The number of thiazole rings is 1. The van der Waals surface area contributed by atoms with E-state index in [-0.39, 0.29) is 5.91 Å². The van der Waals surface area contributed by atoms with Crippen LogP contribution in [0.15, 0.2) is 29.2 Å². The Hall–Kier alpha value is -1.95. The molecule has 82 valence electrons. The van der Waals surface area contributed by atoms with Gasteiger partial charge in [0.25, 0.3) is 5.91 Å². The van der Waals surface area contributed by atoms with Gasteiger partial charge in [-0.25, -0.2) is 9.97 Å². The monoisotopic (exact) mass is 234 g/mol. The minimum Gasteiger partial charge on any atom is -0.397 e. The van der Waals surface area contributed by atoms with Crippen LogP contribution < -0.4 is 11.1 Å². The highest BCUT2D eigenvalue weighted by atomic mass is 32.1. The van der Waals surface area contributed by atoms with Gasteiger partial charge >= 0.3 is 0 Å². The van der Waals surface area contributed by atoms with E-state index in [1.54, 1.807) is 17.6 Å². The molecule has 1 amide bonds. The summed E-state index contributed by atoms with van der Waals surface area (Å²) >= 11 is 1.49. The van der Waals surface area contributed by atoms with E-state index in [9.17, 15) is 4.79 Å². The highest BCUT2D eigenvalue weighted by molar-refractivity contribution is 7.07. The predicted molar refractivity (Wildman–Crippen MR) is 61.9 cm³/mol. The van der Waals surface area contributed by atoms with E-state index >= 15 is 0 Å². The number of anilines is 1. The summed E-state index contributed by atoms with van der Waals surface area (Å²) in [6, 6.07) is 3.23. The smallest absolute Gasteiger partial charge is 0.270 e. The van der Waals surface area contributed by atoms with E-state index in [1.807, 2.05) is 5.38 Å². The van der Waals surface area contributed by atoms with Crippen LogP contribution in [-0.2, 0) is 6.54 Å². The lowest BCUT2D eigenvalue weighted by Gasteiger charge is -2.02. The first-order valence-electron chi connectivity index (χ1n) is 4.62. The van der Waals surface area contributed by atoms with Gasteiger partial charge in [-0.05, 0) is 12.1 Å². The van der Waals surface area contributed by atoms with Crippen LogP contribution in [0.25, 0.3) is 0 Å². The molecule has 0 saturated heterocycles. The van der Waals surface area contributed by atoms with E-state index in [0.717, 1.165) is 5.69 Å². The molecule has 0 aromatic carbocycles. The zero-order valence-electron chi connectivity index (χ0n) is 8.38. The van der Waals surface area contributed by atoms with Crippen LogP contribution in [0.2, 0.25) is 0 Å². The maximum Gasteiger partial charge on any atom is 0.270 e.